The minimum atomic E-state index is 0.0140. The Morgan fingerprint density at radius 2 is 2.00 bits per heavy atom. The minimum absolute atomic E-state index is 0.0140. The molecule has 0 bridgehead atoms. The van der Waals surface area contributed by atoms with Gasteiger partial charge >= 0.3 is 0 Å². The highest BCUT2D eigenvalue weighted by molar-refractivity contribution is 5.75. The highest BCUT2D eigenvalue weighted by Gasteiger charge is 2.17. The third kappa shape index (κ3) is 6.12. The average Bonchev–Trinajstić information content (AvgIpc) is 2.61. The number of rotatable bonds is 3. The summed E-state index contributed by atoms with van der Waals surface area (Å²) >= 11 is 0. The molecule has 106 valence electrons. The normalized spacial score (nSPS) is 18.6. The number of hydrogen-bond donors (Lipinski definition) is 2. The molecule has 0 aromatic heterocycles. The lowest BCUT2D eigenvalue weighted by Crippen LogP contribution is -2.07. The summed E-state index contributed by atoms with van der Waals surface area (Å²) in [6.45, 7) is 8.22. The zero-order valence-electron chi connectivity index (χ0n) is 12.5. The smallest absolute Gasteiger partial charge is 0.146 e. The highest BCUT2D eigenvalue weighted by atomic mass is 16.3. The standard InChI is InChI=1S/C12H18O2.C2H6.CH5N/c1-3-10-4-5-11(7-13)12(8-14)9(2)6-10;2*1-2/h4,7,9,14H,3,5-6,8H2,1-2H3;1-2H3;2H2,1H3. The van der Waals surface area contributed by atoms with E-state index in [2.05, 4.69) is 25.7 Å². The first-order chi connectivity index (χ1) is 8.72. The fourth-order valence-corrected chi connectivity index (χ4v) is 1.97. The Morgan fingerprint density at radius 3 is 2.39 bits per heavy atom. The summed E-state index contributed by atoms with van der Waals surface area (Å²) < 4.78 is 0. The van der Waals surface area contributed by atoms with Crippen LogP contribution in [0.4, 0.5) is 0 Å². The summed E-state index contributed by atoms with van der Waals surface area (Å²) in [6, 6.07) is 0. The molecule has 18 heavy (non-hydrogen) atoms. The summed E-state index contributed by atoms with van der Waals surface area (Å²) in [5.41, 5.74) is 7.57. The molecule has 0 saturated heterocycles. The predicted molar refractivity (Wildman–Crippen MR) is 78.4 cm³/mol. The molecule has 0 saturated carbocycles. The van der Waals surface area contributed by atoms with Crippen molar-refractivity contribution in [1.29, 1.82) is 0 Å². The Balaban J connectivity index is 0. The molecule has 0 amide bonds. The van der Waals surface area contributed by atoms with Crippen LogP contribution in [0.5, 0.6) is 0 Å². The lowest BCUT2D eigenvalue weighted by molar-refractivity contribution is -0.105. The van der Waals surface area contributed by atoms with Gasteiger partial charge in [0, 0.05) is 0 Å². The lowest BCUT2D eigenvalue weighted by Gasteiger charge is -2.14. The SMILES string of the molecule is CC.CCC1=CCC(C=O)=C(CO)C(C)C1.CN. The maximum Gasteiger partial charge on any atom is 0.146 e. The van der Waals surface area contributed by atoms with E-state index in [1.165, 1.54) is 12.6 Å². The van der Waals surface area contributed by atoms with Crippen molar-refractivity contribution >= 4 is 6.29 Å². The summed E-state index contributed by atoms with van der Waals surface area (Å²) in [7, 11) is 1.50. The number of carbonyl (C=O) groups excluding carboxylic acids is 1. The number of aldehydes is 1. The summed E-state index contributed by atoms with van der Waals surface area (Å²) in [6.07, 6.45) is 5.71. The van der Waals surface area contributed by atoms with Crippen molar-refractivity contribution in [2.75, 3.05) is 13.7 Å². The number of aliphatic hydroxyl groups is 1. The maximum absolute atomic E-state index is 10.8. The second-order valence-electron chi connectivity index (χ2n) is 3.85. The second-order valence-corrected chi connectivity index (χ2v) is 3.85. The first-order valence-electron chi connectivity index (χ1n) is 6.76. The summed E-state index contributed by atoms with van der Waals surface area (Å²) in [5, 5.41) is 9.21. The predicted octanol–water partition coefficient (Wildman–Crippen LogP) is 2.84. The topological polar surface area (TPSA) is 63.3 Å². The second kappa shape index (κ2) is 12.5. The Kier molecular flexibility index (Phi) is 13.5. The van der Waals surface area contributed by atoms with Crippen LogP contribution >= 0.6 is 0 Å². The van der Waals surface area contributed by atoms with Crippen LogP contribution in [0.15, 0.2) is 22.8 Å². The molecule has 1 rings (SSSR count). The Labute approximate surface area is 112 Å². The van der Waals surface area contributed by atoms with Gasteiger partial charge in [-0.3, -0.25) is 4.79 Å². The fraction of sp³-hybridized carbons (Fsp3) is 0.667. The largest absolute Gasteiger partial charge is 0.392 e. The minimum Gasteiger partial charge on any atom is -0.392 e. The molecular formula is C15H29NO2. The van der Waals surface area contributed by atoms with Gasteiger partial charge in [-0.05, 0) is 43.4 Å². The van der Waals surface area contributed by atoms with E-state index in [-0.39, 0.29) is 6.61 Å². The van der Waals surface area contributed by atoms with Crippen LogP contribution in [0.1, 0.15) is 47.0 Å². The van der Waals surface area contributed by atoms with Gasteiger partial charge in [-0.25, -0.2) is 0 Å². The molecule has 0 radical (unpaired) electrons. The van der Waals surface area contributed by atoms with E-state index in [0.717, 1.165) is 30.3 Å². The third-order valence-corrected chi connectivity index (χ3v) is 2.95. The van der Waals surface area contributed by atoms with Crippen molar-refractivity contribution in [3.63, 3.8) is 0 Å². The zero-order chi connectivity index (χ0) is 14.6. The van der Waals surface area contributed by atoms with E-state index in [4.69, 9.17) is 0 Å². The van der Waals surface area contributed by atoms with Crippen LogP contribution in [0.25, 0.3) is 0 Å². The summed E-state index contributed by atoms with van der Waals surface area (Å²) in [4.78, 5) is 10.8. The van der Waals surface area contributed by atoms with Crippen molar-refractivity contribution in [3.05, 3.63) is 22.8 Å². The fourth-order valence-electron chi connectivity index (χ4n) is 1.97. The molecule has 0 aliphatic heterocycles. The highest BCUT2D eigenvalue weighted by Crippen LogP contribution is 2.28. The average molecular weight is 255 g/mol. The van der Waals surface area contributed by atoms with Crippen LogP contribution < -0.4 is 5.73 Å². The van der Waals surface area contributed by atoms with Gasteiger partial charge < -0.3 is 10.8 Å². The molecule has 0 fully saturated rings. The molecule has 1 unspecified atom stereocenters. The number of nitrogens with two attached hydrogens (primary N) is 1. The molecule has 1 aliphatic carbocycles. The Hall–Kier alpha value is -0.930. The van der Waals surface area contributed by atoms with Gasteiger partial charge in [-0.1, -0.05) is 39.3 Å². The Morgan fingerprint density at radius 1 is 1.44 bits per heavy atom. The lowest BCUT2D eigenvalue weighted by atomic mass is 9.92. The molecule has 1 aliphatic rings. The number of carbonyl (C=O) groups is 1. The molecule has 3 N–H and O–H groups in total. The van der Waals surface area contributed by atoms with Gasteiger partial charge in [0.1, 0.15) is 6.29 Å². The first-order valence-corrected chi connectivity index (χ1v) is 6.76. The van der Waals surface area contributed by atoms with Crippen molar-refractivity contribution in [2.45, 2.75) is 47.0 Å². The summed E-state index contributed by atoms with van der Waals surface area (Å²) in [5.74, 6) is 0.300. The van der Waals surface area contributed by atoms with Crippen LogP contribution in [0.2, 0.25) is 0 Å². The van der Waals surface area contributed by atoms with Gasteiger partial charge in [-0.2, -0.15) is 0 Å². The van der Waals surface area contributed by atoms with E-state index in [1.807, 2.05) is 13.8 Å². The number of aliphatic hydroxyl groups excluding tert-OH is 1. The third-order valence-electron chi connectivity index (χ3n) is 2.95. The molecule has 0 heterocycles. The van der Waals surface area contributed by atoms with Gasteiger partial charge in [0.05, 0.1) is 6.61 Å². The molecular weight excluding hydrogens is 226 g/mol. The quantitative estimate of drug-likeness (QED) is 0.602. The molecule has 0 aromatic carbocycles. The molecule has 1 atom stereocenters. The van der Waals surface area contributed by atoms with Crippen LogP contribution in [0.3, 0.4) is 0 Å². The van der Waals surface area contributed by atoms with Crippen molar-refractivity contribution < 1.29 is 9.90 Å². The van der Waals surface area contributed by atoms with E-state index in [9.17, 15) is 9.90 Å². The van der Waals surface area contributed by atoms with Crippen LogP contribution in [-0.2, 0) is 4.79 Å². The number of allylic oxidation sites excluding steroid dienone is 3. The van der Waals surface area contributed by atoms with E-state index >= 15 is 0 Å². The first kappa shape index (κ1) is 19.4. The molecule has 3 heteroatoms. The monoisotopic (exact) mass is 255 g/mol. The van der Waals surface area contributed by atoms with Crippen LogP contribution in [-0.4, -0.2) is 25.0 Å². The molecule has 0 spiro atoms. The van der Waals surface area contributed by atoms with Gasteiger partial charge in [-0.15, -0.1) is 0 Å². The van der Waals surface area contributed by atoms with Crippen LogP contribution in [0, 0.1) is 5.92 Å². The van der Waals surface area contributed by atoms with Crippen molar-refractivity contribution in [1.82, 2.24) is 0 Å². The van der Waals surface area contributed by atoms with Gasteiger partial charge in [0.2, 0.25) is 0 Å². The zero-order valence-corrected chi connectivity index (χ0v) is 12.5. The maximum atomic E-state index is 10.8. The van der Waals surface area contributed by atoms with E-state index in [0.29, 0.717) is 12.3 Å². The van der Waals surface area contributed by atoms with Crippen molar-refractivity contribution in [3.8, 4) is 0 Å². The van der Waals surface area contributed by atoms with E-state index < -0.39 is 0 Å². The Bertz CT molecular complexity index is 280. The van der Waals surface area contributed by atoms with Gasteiger partial charge in [0.15, 0.2) is 0 Å². The van der Waals surface area contributed by atoms with Crippen molar-refractivity contribution in [2.24, 2.45) is 11.7 Å². The van der Waals surface area contributed by atoms with E-state index in [1.54, 1.807) is 0 Å². The molecule has 3 nitrogen and oxygen atoms in total. The molecule has 0 aromatic rings. The number of hydrogen-bond acceptors (Lipinski definition) is 3. The van der Waals surface area contributed by atoms with Gasteiger partial charge in [0.25, 0.3) is 0 Å².